The average molecular weight is 270 g/mol. The number of hydrogen-bond acceptors (Lipinski definition) is 2. The van der Waals surface area contributed by atoms with Crippen molar-refractivity contribution in [2.75, 3.05) is 0 Å². The summed E-state index contributed by atoms with van der Waals surface area (Å²) in [5.41, 5.74) is 0.774. The molecular formula is C10H12BrN3O. The predicted molar refractivity (Wildman–Crippen MR) is 62.9 cm³/mol. The number of rotatable bonds is 2. The quantitative estimate of drug-likeness (QED) is 0.908. The molecule has 0 aliphatic heterocycles. The van der Waals surface area contributed by atoms with Crippen molar-refractivity contribution in [3.63, 3.8) is 0 Å². The molecule has 0 atom stereocenters. The highest BCUT2D eigenvalue weighted by molar-refractivity contribution is 9.10. The molecule has 2 rings (SSSR count). The Balaban J connectivity index is 2.62. The van der Waals surface area contributed by atoms with Crippen molar-refractivity contribution in [3.8, 4) is 0 Å². The highest BCUT2D eigenvalue weighted by atomic mass is 79.9. The van der Waals surface area contributed by atoms with E-state index in [1.807, 2.05) is 4.68 Å². The third kappa shape index (κ3) is 1.84. The molecule has 1 N–H and O–H groups in total. The van der Waals surface area contributed by atoms with Crippen LogP contribution in [-0.4, -0.2) is 14.8 Å². The molecule has 2 aromatic heterocycles. The number of nitrogens with one attached hydrogen (secondary N) is 1. The lowest BCUT2D eigenvalue weighted by molar-refractivity contribution is 0.492. The maximum atomic E-state index is 11.7. The number of pyridine rings is 1. The topological polar surface area (TPSA) is 50.7 Å². The van der Waals surface area contributed by atoms with E-state index in [-0.39, 0.29) is 5.43 Å². The maximum Gasteiger partial charge on any atom is 0.206 e. The second-order valence-electron chi connectivity index (χ2n) is 3.95. The minimum Gasteiger partial charge on any atom is -0.345 e. The van der Waals surface area contributed by atoms with E-state index in [0.717, 1.165) is 12.2 Å². The van der Waals surface area contributed by atoms with Crippen molar-refractivity contribution >= 4 is 27.0 Å². The fraction of sp³-hybridized carbons (Fsp3) is 0.400. The van der Waals surface area contributed by atoms with Crippen molar-refractivity contribution in [2.45, 2.75) is 20.4 Å². The number of fused-ring (bicyclic) bond motifs is 1. The van der Waals surface area contributed by atoms with Crippen molar-refractivity contribution < 1.29 is 0 Å². The minimum absolute atomic E-state index is 0.0150. The molecule has 0 unspecified atom stereocenters. The molecule has 0 spiro atoms. The van der Waals surface area contributed by atoms with Crippen LogP contribution in [0.1, 0.15) is 13.8 Å². The highest BCUT2D eigenvalue weighted by Crippen LogP contribution is 2.11. The molecule has 0 fully saturated rings. The first kappa shape index (κ1) is 10.4. The van der Waals surface area contributed by atoms with Crippen LogP contribution < -0.4 is 5.43 Å². The van der Waals surface area contributed by atoms with Gasteiger partial charge in [-0.25, -0.2) is 4.68 Å². The molecule has 2 aromatic rings. The standard InChI is InChI=1S/C10H12BrN3O/c1-6(2)5-14-10-7(3-13-14)9(15)8(11)4-12-10/h3-4,6H,5H2,1-2H3,(H,12,15). The van der Waals surface area contributed by atoms with Gasteiger partial charge in [0.1, 0.15) is 5.65 Å². The van der Waals surface area contributed by atoms with Gasteiger partial charge < -0.3 is 4.98 Å². The Morgan fingerprint density at radius 1 is 1.60 bits per heavy atom. The minimum atomic E-state index is -0.0150. The Morgan fingerprint density at radius 3 is 3.00 bits per heavy atom. The van der Waals surface area contributed by atoms with Gasteiger partial charge in [-0.3, -0.25) is 4.79 Å². The van der Waals surface area contributed by atoms with Gasteiger partial charge in [0.05, 0.1) is 16.1 Å². The second kappa shape index (κ2) is 3.81. The summed E-state index contributed by atoms with van der Waals surface area (Å²) >= 11 is 3.20. The van der Waals surface area contributed by atoms with E-state index < -0.39 is 0 Å². The van der Waals surface area contributed by atoms with Crippen LogP contribution in [0.4, 0.5) is 0 Å². The van der Waals surface area contributed by atoms with Crippen molar-refractivity contribution in [1.82, 2.24) is 14.8 Å². The molecule has 0 aliphatic rings. The average Bonchev–Trinajstić information content (AvgIpc) is 2.55. The fourth-order valence-electron chi connectivity index (χ4n) is 1.51. The number of aromatic amines is 1. The Hall–Kier alpha value is -1.10. The number of halogens is 1. The zero-order chi connectivity index (χ0) is 11.0. The van der Waals surface area contributed by atoms with Gasteiger partial charge in [0.15, 0.2) is 0 Å². The van der Waals surface area contributed by atoms with E-state index in [1.165, 1.54) is 0 Å². The SMILES string of the molecule is CC(C)Cn1ncc2c(=O)c(Br)c[nH]c21. The van der Waals surface area contributed by atoms with Crippen LogP contribution in [0.25, 0.3) is 11.0 Å². The summed E-state index contributed by atoms with van der Waals surface area (Å²) in [5.74, 6) is 0.500. The Bertz CT molecular complexity index is 541. The number of aromatic nitrogens is 3. The number of nitrogens with zero attached hydrogens (tertiary/aromatic N) is 2. The summed E-state index contributed by atoms with van der Waals surface area (Å²) < 4.78 is 2.37. The first-order valence-corrected chi connectivity index (χ1v) is 5.61. The molecule has 0 aliphatic carbocycles. The van der Waals surface area contributed by atoms with Crippen LogP contribution in [-0.2, 0) is 6.54 Å². The van der Waals surface area contributed by atoms with E-state index in [4.69, 9.17) is 0 Å². The molecule has 15 heavy (non-hydrogen) atoms. The lowest BCUT2D eigenvalue weighted by Gasteiger charge is -2.05. The van der Waals surface area contributed by atoms with Gasteiger partial charge >= 0.3 is 0 Å². The predicted octanol–water partition coefficient (Wildman–Crippen LogP) is 2.14. The molecule has 5 heteroatoms. The van der Waals surface area contributed by atoms with E-state index in [1.54, 1.807) is 12.4 Å². The molecule has 0 saturated carbocycles. The van der Waals surface area contributed by atoms with Gasteiger partial charge in [-0.15, -0.1) is 0 Å². The van der Waals surface area contributed by atoms with Crippen LogP contribution in [0.2, 0.25) is 0 Å². The Kier molecular flexibility index (Phi) is 2.65. The molecular weight excluding hydrogens is 258 g/mol. The lowest BCUT2D eigenvalue weighted by atomic mass is 10.2. The summed E-state index contributed by atoms with van der Waals surface area (Å²) in [6.07, 6.45) is 3.27. The molecule has 4 nitrogen and oxygen atoms in total. The van der Waals surface area contributed by atoms with Crippen molar-refractivity contribution in [3.05, 3.63) is 27.1 Å². The molecule has 80 valence electrons. The zero-order valence-electron chi connectivity index (χ0n) is 8.62. The van der Waals surface area contributed by atoms with Gasteiger partial charge in [-0.05, 0) is 21.8 Å². The third-order valence-electron chi connectivity index (χ3n) is 2.17. The van der Waals surface area contributed by atoms with E-state index >= 15 is 0 Å². The molecule has 0 bridgehead atoms. The Labute approximate surface area is 95.4 Å². The van der Waals surface area contributed by atoms with E-state index in [0.29, 0.717) is 15.8 Å². The first-order chi connectivity index (χ1) is 7.09. The van der Waals surface area contributed by atoms with Gasteiger partial charge in [0.2, 0.25) is 5.43 Å². The smallest absolute Gasteiger partial charge is 0.206 e. The first-order valence-electron chi connectivity index (χ1n) is 4.82. The molecule has 2 heterocycles. The van der Waals surface area contributed by atoms with Crippen LogP contribution in [0, 0.1) is 5.92 Å². The van der Waals surface area contributed by atoms with Crippen molar-refractivity contribution in [2.24, 2.45) is 5.92 Å². The molecule has 0 aromatic carbocycles. The van der Waals surface area contributed by atoms with Crippen LogP contribution >= 0.6 is 15.9 Å². The van der Waals surface area contributed by atoms with Crippen LogP contribution in [0.15, 0.2) is 21.7 Å². The highest BCUT2D eigenvalue weighted by Gasteiger charge is 2.09. The third-order valence-corrected chi connectivity index (χ3v) is 2.76. The number of H-pyrrole nitrogens is 1. The summed E-state index contributed by atoms with van der Waals surface area (Å²) in [6, 6.07) is 0. The van der Waals surface area contributed by atoms with E-state index in [9.17, 15) is 4.79 Å². The summed E-state index contributed by atoms with van der Waals surface area (Å²) in [4.78, 5) is 14.8. The summed E-state index contributed by atoms with van der Waals surface area (Å²) in [5, 5.41) is 4.83. The fourth-order valence-corrected chi connectivity index (χ4v) is 1.84. The maximum absolute atomic E-state index is 11.7. The van der Waals surface area contributed by atoms with Gasteiger partial charge in [0.25, 0.3) is 0 Å². The van der Waals surface area contributed by atoms with Gasteiger partial charge in [0, 0.05) is 12.7 Å². The van der Waals surface area contributed by atoms with Crippen molar-refractivity contribution in [1.29, 1.82) is 0 Å². The summed E-state index contributed by atoms with van der Waals surface area (Å²) in [6.45, 7) is 5.04. The molecule has 0 amide bonds. The number of hydrogen-bond donors (Lipinski definition) is 1. The van der Waals surface area contributed by atoms with Gasteiger partial charge in [-0.2, -0.15) is 5.10 Å². The Morgan fingerprint density at radius 2 is 2.33 bits per heavy atom. The lowest BCUT2D eigenvalue weighted by Crippen LogP contribution is -2.08. The normalized spacial score (nSPS) is 11.5. The molecule has 0 saturated heterocycles. The van der Waals surface area contributed by atoms with Gasteiger partial charge in [-0.1, -0.05) is 13.8 Å². The second-order valence-corrected chi connectivity index (χ2v) is 4.80. The van der Waals surface area contributed by atoms with Crippen LogP contribution in [0.5, 0.6) is 0 Å². The largest absolute Gasteiger partial charge is 0.345 e. The van der Waals surface area contributed by atoms with E-state index in [2.05, 4.69) is 39.9 Å². The monoisotopic (exact) mass is 269 g/mol. The van der Waals surface area contributed by atoms with Crippen LogP contribution in [0.3, 0.4) is 0 Å². The molecule has 0 radical (unpaired) electrons. The zero-order valence-corrected chi connectivity index (χ0v) is 10.2. The summed E-state index contributed by atoms with van der Waals surface area (Å²) in [7, 11) is 0.